The van der Waals surface area contributed by atoms with Crippen LogP contribution >= 0.6 is 23.1 Å². The normalized spacial score (nSPS) is 19.1. The van der Waals surface area contributed by atoms with Crippen LogP contribution in [-0.4, -0.2) is 86.8 Å². The molecule has 1 aromatic heterocycles. The van der Waals surface area contributed by atoms with E-state index in [4.69, 9.17) is 11.1 Å². The monoisotopic (exact) mass is 604 g/mol. The van der Waals surface area contributed by atoms with E-state index in [2.05, 4.69) is 10.3 Å². The fourth-order valence-electron chi connectivity index (χ4n) is 5.33. The highest BCUT2D eigenvalue weighted by atomic mass is 32.2. The lowest BCUT2D eigenvalue weighted by Gasteiger charge is -2.47. The fraction of sp³-hybridized carbons (Fsp3) is 0.333. The molecule has 4 N–H and O–H groups in total. The van der Waals surface area contributed by atoms with Gasteiger partial charge in [0.25, 0.3) is 0 Å². The second-order valence-corrected chi connectivity index (χ2v) is 12.3. The number of nitrogens with two attached hydrogens (primary N) is 1. The van der Waals surface area contributed by atoms with Crippen molar-refractivity contribution in [3.63, 3.8) is 0 Å². The topological polar surface area (TPSA) is 150 Å². The molecule has 218 valence electrons. The van der Waals surface area contributed by atoms with Crippen molar-refractivity contribution in [1.29, 1.82) is 5.41 Å². The van der Waals surface area contributed by atoms with Gasteiger partial charge in [-0.05, 0) is 23.6 Å². The lowest BCUT2D eigenvalue weighted by atomic mass is 9.99. The number of thioether (sulfide) groups is 1. The molecule has 3 atom stereocenters. The van der Waals surface area contributed by atoms with Gasteiger partial charge in [0.2, 0.25) is 23.5 Å². The molecule has 2 aliphatic rings. The number of nitrogens with zero attached hydrogens (tertiary/aromatic N) is 3. The van der Waals surface area contributed by atoms with Crippen molar-refractivity contribution < 1.29 is 19.2 Å². The lowest BCUT2D eigenvalue weighted by Crippen LogP contribution is -2.67. The number of amidine groups is 1. The number of nitrogen functional groups attached to an aromatic ring is 1. The second kappa shape index (κ2) is 13.3. The third-order valence-electron chi connectivity index (χ3n) is 7.44. The maximum absolute atomic E-state index is 13.7. The Balaban J connectivity index is 1.28. The first-order valence-electron chi connectivity index (χ1n) is 13.7. The molecule has 2 aromatic carbocycles. The molecule has 2 fully saturated rings. The lowest BCUT2D eigenvalue weighted by molar-refractivity contribution is -0.153. The molecule has 0 spiro atoms. The number of fused-ring (bicyclic) bond motifs is 1. The third kappa shape index (κ3) is 6.88. The molecule has 12 heteroatoms. The molecule has 2 saturated heterocycles. The van der Waals surface area contributed by atoms with Crippen LogP contribution in [0.3, 0.4) is 0 Å². The number of Topliss-reactive ketones (excluding diaryl/α,β-unsaturated/α-hetero) is 1. The van der Waals surface area contributed by atoms with Crippen LogP contribution in [0, 0.1) is 5.41 Å². The van der Waals surface area contributed by atoms with Crippen LogP contribution in [0.5, 0.6) is 0 Å². The predicted molar refractivity (Wildman–Crippen MR) is 163 cm³/mol. The van der Waals surface area contributed by atoms with Crippen molar-refractivity contribution in [3.8, 4) is 0 Å². The van der Waals surface area contributed by atoms with Crippen LogP contribution < -0.4 is 11.1 Å². The van der Waals surface area contributed by atoms with E-state index < -0.39 is 18.0 Å². The van der Waals surface area contributed by atoms with Crippen molar-refractivity contribution in [3.05, 3.63) is 87.9 Å². The van der Waals surface area contributed by atoms with E-state index in [9.17, 15) is 19.2 Å². The van der Waals surface area contributed by atoms with Crippen molar-refractivity contribution in [1.82, 2.24) is 20.1 Å². The van der Waals surface area contributed by atoms with Gasteiger partial charge in [0, 0.05) is 48.0 Å². The summed E-state index contributed by atoms with van der Waals surface area (Å²) in [5.74, 6) is -0.160. The maximum Gasteiger partial charge on any atom is 0.244 e. The summed E-state index contributed by atoms with van der Waals surface area (Å²) in [4.78, 5) is 60.8. The number of ketones is 1. The number of amides is 3. The number of aromatic nitrogens is 1. The summed E-state index contributed by atoms with van der Waals surface area (Å²) < 4.78 is 0. The van der Waals surface area contributed by atoms with Crippen molar-refractivity contribution >= 4 is 52.4 Å². The zero-order valence-corrected chi connectivity index (χ0v) is 24.5. The van der Waals surface area contributed by atoms with E-state index in [1.54, 1.807) is 45.1 Å². The first kappa shape index (κ1) is 29.5. The van der Waals surface area contributed by atoms with Crippen molar-refractivity contribution in [2.24, 2.45) is 5.73 Å². The van der Waals surface area contributed by atoms with Crippen molar-refractivity contribution in [2.45, 2.75) is 37.4 Å². The van der Waals surface area contributed by atoms with Gasteiger partial charge >= 0.3 is 0 Å². The Morgan fingerprint density at radius 1 is 1.10 bits per heavy atom. The first-order valence-corrected chi connectivity index (χ1v) is 15.7. The highest BCUT2D eigenvalue weighted by molar-refractivity contribution is 7.99. The van der Waals surface area contributed by atoms with Gasteiger partial charge in [-0.25, -0.2) is 4.98 Å². The Bertz CT molecular complexity index is 1470. The Kier molecular flexibility index (Phi) is 9.33. The first-order chi connectivity index (χ1) is 20.3. The van der Waals surface area contributed by atoms with Crippen LogP contribution in [-0.2, 0) is 27.2 Å². The molecule has 3 amide bonds. The number of benzene rings is 2. The quantitative estimate of drug-likeness (QED) is 0.182. The third-order valence-corrected chi connectivity index (χ3v) is 9.40. The van der Waals surface area contributed by atoms with Crippen molar-refractivity contribution in [2.75, 3.05) is 24.6 Å². The van der Waals surface area contributed by atoms with Gasteiger partial charge in [-0.3, -0.25) is 24.6 Å². The fourth-order valence-corrected chi connectivity index (χ4v) is 7.17. The molecule has 0 bridgehead atoms. The summed E-state index contributed by atoms with van der Waals surface area (Å²) in [6, 6.07) is 14.8. The molecule has 3 heterocycles. The Morgan fingerprint density at radius 3 is 2.62 bits per heavy atom. The minimum atomic E-state index is -0.924. The number of carbonyl (C=O) groups excluding carboxylic acids is 4. The summed E-state index contributed by atoms with van der Waals surface area (Å²) in [5, 5.41) is 12.6. The number of carbonyl (C=O) groups is 4. The number of rotatable bonds is 10. The molecular weight excluding hydrogens is 573 g/mol. The SMILES string of the molecule is N=C(N)c1cccc(CC(NC(=O)C2CSCC3CN(C(=O)CCc4ccccc4)CC(=O)N32)C(=O)c2nccs2)c1. The molecule has 0 radical (unpaired) electrons. The number of thiazole rings is 1. The molecule has 10 nitrogen and oxygen atoms in total. The number of piperazine rings is 1. The number of aryl methyl sites for hydroxylation is 1. The van der Waals surface area contributed by atoms with E-state index in [1.807, 2.05) is 36.4 Å². The zero-order valence-electron chi connectivity index (χ0n) is 22.9. The van der Waals surface area contributed by atoms with Gasteiger partial charge in [-0.15, -0.1) is 11.3 Å². The molecule has 42 heavy (non-hydrogen) atoms. The van der Waals surface area contributed by atoms with Crippen LogP contribution in [0.4, 0.5) is 0 Å². The summed E-state index contributed by atoms with van der Waals surface area (Å²) in [6.07, 6.45) is 2.62. The maximum atomic E-state index is 13.7. The molecule has 3 unspecified atom stereocenters. The average Bonchev–Trinajstić information content (AvgIpc) is 3.54. The van der Waals surface area contributed by atoms with Gasteiger partial charge in [0.1, 0.15) is 11.9 Å². The Morgan fingerprint density at radius 2 is 1.88 bits per heavy atom. The molecule has 5 rings (SSSR count). The van der Waals surface area contributed by atoms with Crippen LogP contribution in [0.1, 0.15) is 32.9 Å². The summed E-state index contributed by atoms with van der Waals surface area (Å²) in [5.41, 5.74) is 7.97. The van der Waals surface area contributed by atoms with Gasteiger partial charge in [-0.2, -0.15) is 11.8 Å². The largest absolute Gasteiger partial charge is 0.384 e. The van der Waals surface area contributed by atoms with E-state index >= 15 is 0 Å². The average molecular weight is 605 g/mol. The van der Waals surface area contributed by atoms with Gasteiger partial charge in [0.05, 0.1) is 18.6 Å². The summed E-state index contributed by atoms with van der Waals surface area (Å²) in [6.45, 7) is 0.299. The highest BCUT2D eigenvalue weighted by Crippen LogP contribution is 2.27. The second-order valence-electron chi connectivity index (χ2n) is 10.3. The number of nitrogens with one attached hydrogen (secondary N) is 2. The van der Waals surface area contributed by atoms with Crippen LogP contribution in [0.2, 0.25) is 0 Å². The van der Waals surface area contributed by atoms with E-state index in [0.717, 1.165) is 11.1 Å². The molecule has 3 aromatic rings. The minimum Gasteiger partial charge on any atom is -0.384 e. The minimum absolute atomic E-state index is 0.0715. The van der Waals surface area contributed by atoms with E-state index in [0.29, 0.717) is 36.5 Å². The predicted octanol–water partition coefficient (Wildman–Crippen LogP) is 2.12. The number of hydrogen-bond acceptors (Lipinski definition) is 8. The van der Waals surface area contributed by atoms with Gasteiger partial charge < -0.3 is 20.9 Å². The molecule has 0 aliphatic carbocycles. The number of hydrogen-bond donors (Lipinski definition) is 3. The molecule has 2 aliphatic heterocycles. The molecular formula is C30H32N6O4S2. The molecule has 0 saturated carbocycles. The van der Waals surface area contributed by atoms with Gasteiger partial charge in [-0.1, -0.05) is 48.5 Å². The zero-order chi connectivity index (χ0) is 29.6. The van der Waals surface area contributed by atoms with E-state index in [1.165, 1.54) is 17.5 Å². The highest BCUT2D eigenvalue weighted by Gasteiger charge is 2.44. The van der Waals surface area contributed by atoms with Crippen LogP contribution in [0.15, 0.2) is 66.2 Å². The smallest absolute Gasteiger partial charge is 0.244 e. The summed E-state index contributed by atoms with van der Waals surface area (Å²) in [7, 11) is 0. The van der Waals surface area contributed by atoms with E-state index in [-0.39, 0.29) is 47.4 Å². The Labute approximate surface area is 252 Å². The van der Waals surface area contributed by atoms with Gasteiger partial charge in [0.15, 0.2) is 5.01 Å². The standard InChI is InChI=1S/C30H32N6O4S2/c31-28(32)21-8-4-7-20(13-21)14-23(27(39)30-33-11-12-42-30)34-29(40)24-18-41-17-22-15-35(16-26(38)36(22)24)25(37)10-9-19-5-2-1-3-6-19/h1-8,11-13,22-24H,9-10,14-18H2,(H3,31,32)(H,34,40). The summed E-state index contributed by atoms with van der Waals surface area (Å²) >= 11 is 2.75. The Hall–Kier alpha value is -4.03. The van der Waals surface area contributed by atoms with Crippen LogP contribution in [0.25, 0.3) is 0 Å².